The third-order valence-corrected chi connectivity index (χ3v) is 5.10. The van der Waals surface area contributed by atoms with Gasteiger partial charge in [-0.05, 0) is 43.0 Å². The van der Waals surface area contributed by atoms with Gasteiger partial charge < -0.3 is 21.1 Å². The smallest absolute Gasteiger partial charge is 0.303 e. The first kappa shape index (κ1) is 25.1. The minimum Gasteiger partial charge on any atom is -0.481 e. The van der Waals surface area contributed by atoms with Crippen LogP contribution >= 0.6 is 15.9 Å². The zero-order valence-electron chi connectivity index (χ0n) is 17.7. The van der Waals surface area contributed by atoms with Gasteiger partial charge in [0.1, 0.15) is 6.04 Å². The van der Waals surface area contributed by atoms with Gasteiger partial charge in [0, 0.05) is 12.1 Å². The Bertz CT molecular complexity index is 962. The van der Waals surface area contributed by atoms with Gasteiger partial charge in [-0.3, -0.25) is 19.2 Å². The van der Waals surface area contributed by atoms with Crippen LogP contribution < -0.4 is 16.0 Å². The van der Waals surface area contributed by atoms with Gasteiger partial charge in [0.15, 0.2) is 0 Å². The van der Waals surface area contributed by atoms with Gasteiger partial charge in [0.25, 0.3) is 0 Å². The molecule has 32 heavy (non-hydrogen) atoms. The Morgan fingerprint density at radius 1 is 1.00 bits per heavy atom. The average molecular weight is 504 g/mol. The summed E-state index contributed by atoms with van der Waals surface area (Å²) in [6.07, 6.45) is 0.318. The van der Waals surface area contributed by atoms with E-state index in [0.29, 0.717) is 12.1 Å². The monoisotopic (exact) mass is 503 g/mol. The molecule has 0 saturated carbocycles. The van der Waals surface area contributed by atoms with Crippen LogP contribution in [0.5, 0.6) is 0 Å². The second-order valence-corrected chi connectivity index (χ2v) is 7.88. The van der Waals surface area contributed by atoms with E-state index >= 15 is 0 Å². The van der Waals surface area contributed by atoms with Crippen LogP contribution in [0.1, 0.15) is 29.5 Å². The molecule has 0 saturated heterocycles. The number of amides is 3. The first-order valence-corrected chi connectivity index (χ1v) is 11.2. The third-order valence-electron chi connectivity index (χ3n) is 4.59. The number of benzene rings is 2. The topological polar surface area (TPSA) is 125 Å². The molecule has 0 fully saturated rings. The summed E-state index contributed by atoms with van der Waals surface area (Å²) < 4.78 is 0. The summed E-state index contributed by atoms with van der Waals surface area (Å²) in [4.78, 5) is 47.1. The van der Waals surface area contributed by atoms with Gasteiger partial charge in [-0.25, -0.2) is 0 Å². The fraction of sp³-hybridized carbons (Fsp3) is 0.304. The lowest BCUT2D eigenvalue weighted by Crippen LogP contribution is -2.47. The van der Waals surface area contributed by atoms with E-state index in [9.17, 15) is 19.2 Å². The predicted octanol–water partition coefficient (Wildman–Crippen LogP) is 2.39. The summed E-state index contributed by atoms with van der Waals surface area (Å²) in [7, 11) is 0. The Morgan fingerprint density at radius 3 is 2.38 bits per heavy atom. The van der Waals surface area contributed by atoms with E-state index in [1.807, 2.05) is 49.4 Å². The Kier molecular flexibility index (Phi) is 9.87. The van der Waals surface area contributed by atoms with Gasteiger partial charge in [0.2, 0.25) is 17.7 Å². The number of halogens is 1. The molecule has 2 aromatic rings. The van der Waals surface area contributed by atoms with E-state index in [2.05, 4.69) is 31.9 Å². The van der Waals surface area contributed by atoms with E-state index in [1.54, 1.807) is 6.07 Å². The molecular formula is C23H26BrN3O5. The van der Waals surface area contributed by atoms with Crippen LogP contribution in [0.3, 0.4) is 0 Å². The number of carbonyl (C=O) groups is 4. The van der Waals surface area contributed by atoms with Crippen molar-refractivity contribution < 1.29 is 24.3 Å². The van der Waals surface area contributed by atoms with Crippen molar-refractivity contribution in [2.24, 2.45) is 0 Å². The second kappa shape index (κ2) is 12.6. The summed E-state index contributed by atoms with van der Waals surface area (Å²) >= 11 is 2.97. The number of nitrogens with one attached hydrogen (secondary N) is 3. The van der Waals surface area contributed by atoms with Crippen LogP contribution in [0.2, 0.25) is 0 Å². The van der Waals surface area contributed by atoms with Gasteiger partial charge in [-0.1, -0.05) is 57.9 Å². The summed E-state index contributed by atoms with van der Waals surface area (Å²) in [5.74, 6) is -2.57. The maximum Gasteiger partial charge on any atom is 0.303 e. The van der Waals surface area contributed by atoms with Gasteiger partial charge in [-0.2, -0.15) is 0 Å². The number of carboxylic acid groups (broad SMARTS) is 1. The molecule has 0 aliphatic carbocycles. The number of carbonyl (C=O) groups excluding carboxylic acids is 3. The van der Waals surface area contributed by atoms with E-state index in [0.717, 1.165) is 11.1 Å². The maximum absolute atomic E-state index is 12.7. The molecule has 0 aromatic heterocycles. The molecule has 0 bridgehead atoms. The van der Waals surface area contributed by atoms with Crippen LogP contribution in [0, 0.1) is 6.92 Å². The molecule has 0 aliphatic rings. The Morgan fingerprint density at radius 2 is 1.72 bits per heavy atom. The molecule has 0 spiro atoms. The van der Waals surface area contributed by atoms with Crippen molar-refractivity contribution in [1.29, 1.82) is 0 Å². The fourth-order valence-electron chi connectivity index (χ4n) is 2.94. The molecule has 9 heteroatoms. The number of rotatable bonds is 11. The number of anilines is 1. The lowest BCUT2D eigenvalue weighted by molar-refractivity contribution is -0.137. The van der Waals surface area contributed by atoms with Crippen molar-refractivity contribution in [2.75, 3.05) is 17.2 Å². The largest absolute Gasteiger partial charge is 0.481 e. The summed E-state index contributed by atoms with van der Waals surface area (Å²) in [6, 6.07) is 14.4. The van der Waals surface area contributed by atoms with Gasteiger partial charge in [0.05, 0.1) is 11.9 Å². The van der Waals surface area contributed by atoms with E-state index in [1.165, 1.54) is 5.56 Å². The van der Waals surface area contributed by atoms with E-state index < -0.39 is 23.8 Å². The highest BCUT2D eigenvalue weighted by Crippen LogP contribution is 2.16. The Labute approximate surface area is 194 Å². The average Bonchev–Trinajstić information content (AvgIpc) is 2.76. The normalized spacial score (nSPS) is 11.3. The number of alkyl halides is 1. The third kappa shape index (κ3) is 8.89. The van der Waals surface area contributed by atoms with Crippen LogP contribution in [-0.2, 0) is 25.6 Å². The van der Waals surface area contributed by atoms with Crippen LogP contribution in [0.25, 0.3) is 0 Å². The maximum atomic E-state index is 12.7. The quantitative estimate of drug-likeness (QED) is 0.350. The van der Waals surface area contributed by atoms with Crippen molar-refractivity contribution in [1.82, 2.24) is 10.6 Å². The van der Waals surface area contributed by atoms with Crippen LogP contribution in [0.15, 0.2) is 48.5 Å². The SMILES string of the molecule is Cc1ccc(Cc2cccc(NC(=O)[C@H](CCC(=O)O)NC(=O)CNC(=O)CBr)c2)cc1. The lowest BCUT2D eigenvalue weighted by atomic mass is 10.0. The second-order valence-electron chi connectivity index (χ2n) is 7.31. The van der Waals surface area contributed by atoms with Gasteiger partial charge >= 0.3 is 5.97 Å². The predicted molar refractivity (Wildman–Crippen MR) is 125 cm³/mol. The van der Waals surface area contributed by atoms with Crippen molar-refractivity contribution in [2.45, 2.75) is 32.2 Å². The fourth-order valence-corrected chi connectivity index (χ4v) is 3.14. The van der Waals surface area contributed by atoms with Crippen LogP contribution in [-0.4, -0.2) is 46.7 Å². The standard InChI is InChI=1S/C23H26BrN3O5/c1-15-5-7-16(8-6-15)11-17-3-2-4-18(12-17)26-23(32)19(9-10-22(30)31)27-21(29)14-25-20(28)13-24/h2-8,12,19H,9-11,13-14H2,1H3,(H,25,28)(H,26,32)(H,27,29)(H,30,31)/t19-/m0/s1. The molecule has 4 N–H and O–H groups in total. The number of hydrogen-bond donors (Lipinski definition) is 4. The molecule has 2 aromatic carbocycles. The lowest BCUT2D eigenvalue weighted by Gasteiger charge is -2.18. The minimum atomic E-state index is -1.08. The zero-order valence-corrected chi connectivity index (χ0v) is 19.3. The number of aryl methyl sites for hydroxylation is 1. The first-order valence-electron chi connectivity index (χ1n) is 10.1. The molecule has 8 nitrogen and oxygen atoms in total. The Hall–Kier alpha value is -3.20. The highest BCUT2D eigenvalue weighted by atomic mass is 79.9. The van der Waals surface area contributed by atoms with E-state index in [4.69, 9.17) is 5.11 Å². The summed E-state index contributed by atoms with van der Waals surface area (Å²) in [5.41, 5.74) is 3.85. The number of carboxylic acids is 1. The molecule has 2 rings (SSSR count). The number of hydrogen-bond acceptors (Lipinski definition) is 4. The highest BCUT2D eigenvalue weighted by Gasteiger charge is 2.22. The first-order chi connectivity index (χ1) is 15.3. The highest BCUT2D eigenvalue weighted by molar-refractivity contribution is 9.09. The molecule has 170 valence electrons. The van der Waals surface area contributed by atoms with Crippen molar-refractivity contribution in [3.8, 4) is 0 Å². The van der Waals surface area contributed by atoms with Gasteiger partial charge in [-0.15, -0.1) is 0 Å². The van der Waals surface area contributed by atoms with Crippen molar-refractivity contribution >= 4 is 45.3 Å². The molecule has 0 heterocycles. The van der Waals surface area contributed by atoms with Crippen molar-refractivity contribution in [3.05, 3.63) is 65.2 Å². The summed E-state index contributed by atoms with van der Waals surface area (Å²) in [6.45, 7) is 1.71. The Balaban J connectivity index is 2.03. The zero-order chi connectivity index (χ0) is 23.5. The van der Waals surface area contributed by atoms with Crippen molar-refractivity contribution in [3.63, 3.8) is 0 Å². The molecule has 3 amide bonds. The van der Waals surface area contributed by atoms with E-state index in [-0.39, 0.29) is 30.6 Å². The molecule has 0 radical (unpaired) electrons. The number of aliphatic carboxylic acids is 1. The molecule has 0 unspecified atom stereocenters. The minimum absolute atomic E-state index is 0.0438. The molecule has 0 aliphatic heterocycles. The molecular weight excluding hydrogens is 478 g/mol. The molecule has 1 atom stereocenters. The van der Waals surface area contributed by atoms with Crippen LogP contribution in [0.4, 0.5) is 5.69 Å². The summed E-state index contributed by atoms with van der Waals surface area (Å²) in [5, 5.41) is 16.6.